The molecule has 0 saturated carbocycles. The van der Waals surface area contributed by atoms with Gasteiger partial charge in [-0.15, -0.1) is 0 Å². The molecule has 0 fully saturated rings. The Bertz CT molecular complexity index is 949. The molecule has 2 heterocycles. The molecule has 0 radical (unpaired) electrons. The maximum atomic E-state index is 12.6. The Labute approximate surface area is 145 Å². The van der Waals surface area contributed by atoms with Crippen molar-refractivity contribution in [2.45, 2.75) is 13.1 Å². The van der Waals surface area contributed by atoms with Gasteiger partial charge in [0.1, 0.15) is 5.75 Å². The summed E-state index contributed by atoms with van der Waals surface area (Å²) in [6, 6.07) is 8.30. The molecule has 0 aliphatic rings. The van der Waals surface area contributed by atoms with Crippen molar-refractivity contribution in [2.75, 3.05) is 5.32 Å². The molecule has 1 amide bonds. The summed E-state index contributed by atoms with van der Waals surface area (Å²) in [5.41, 5.74) is -0.0407. The molecule has 9 heteroatoms. The number of para-hydroxylation sites is 2. The number of halogens is 3. The number of phenolic OH excluding ortho intramolecular Hbond substituents is 1. The van der Waals surface area contributed by atoms with Crippen LogP contribution in [0.5, 0.6) is 5.75 Å². The van der Waals surface area contributed by atoms with Gasteiger partial charge in [0.2, 0.25) is 0 Å². The van der Waals surface area contributed by atoms with Crippen LogP contribution in [0.15, 0.2) is 48.8 Å². The number of amides is 1. The van der Waals surface area contributed by atoms with Crippen molar-refractivity contribution >= 4 is 11.6 Å². The summed E-state index contributed by atoms with van der Waals surface area (Å²) in [5, 5.41) is 16.3. The van der Waals surface area contributed by atoms with Crippen molar-refractivity contribution in [1.29, 1.82) is 0 Å². The lowest BCUT2D eigenvalue weighted by molar-refractivity contribution is -0.137. The Hall–Kier alpha value is -3.36. The molecule has 0 aliphatic heterocycles. The molecule has 1 aromatic carbocycles. The molecule has 2 aromatic heterocycles. The van der Waals surface area contributed by atoms with Crippen LogP contribution in [-0.2, 0) is 6.18 Å². The summed E-state index contributed by atoms with van der Waals surface area (Å²) >= 11 is 0. The first kappa shape index (κ1) is 17.5. The number of nitrogens with zero attached hydrogens (tertiary/aromatic N) is 3. The Morgan fingerprint density at radius 2 is 1.88 bits per heavy atom. The van der Waals surface area contributed by atoms with Gasteiger partial charge in [0.15, 0.2) is 5.82 Å². The minimum absolute atomic E-state index is 0.0877. The van der Waals surface area contributed by atoms with E-state index < -0.39 is 17.6 Å². The maximum Gasteiger partial charge on any atom is 0.417 e. The number of benzene rings is 1. The van der Waals surface area contributed by atoms with Crippen LogP contribution < -0.4 is 5.32 Å². The lowest BCUT2D eigenvalue weighted by atomic mass is 10.2. The van der Waals surface area contributed by atoms with E-state index in [0.29, 0.717) is 11.9 Å². The number of aromatic nitrogens is 3. The first-order valence-electron chi connectivity index (χ1n) is 7.45. The van der Waals surface area contributed by atoms with Gasteiger partial charge in [0.05, 0.1) is 28.7 Å². The molecule has 0 unspecified atom stereocenters. The second-order valence-electron chi connectivity index (χ2n) is 5.43. The highest BCUT2D eigenvalue weighted by molar-refractivity contribution is 6.05. The molecule has 0 saturated heterocycles. The zero-order chi connectivity index (χ0) is 18.9. The molecule has 2 N–H and O–H groups in total. The Balaban J connectivity index is 1.86. The number of anilines is 1. The van der Waals surface area contributed by atoms with Crippen LogP contribution in [0.25, 0.3) is 5.82 Å². The summed E-state index contributed by atoms with van der Waals surface area (Å²) in [5.74, 6) is -0.449. The number of rotatable bonds is 3. The van der Waals surface area contributed by atoms with Crippen molar-refractivity contribution in [2.24, 2.45) is 0 Å². The summed E-state index contributed by atoms with van der Waals surface area (Å²) in [7, 11) is 0. The largest absolute Gasteiger partial charge is 0.506 e. The standard InChI is InChI=1S/C17H13F3N4O2/c1-10-12(16(26)23-13-4-2-3-5-14(13)25)9-22-24(10)15-7-6-11(8-21-15)17(18,19)20/h2-9,25H,1H3,(H,23,26). The molecule has 0 spiro atoms. The molecule has 134 valence electrons. The molecule has 0 aliphatic carbocycles. The Morgan fingerprint density at radius 3 is 2.50 bits per heavy atom. The molecule has 0 atom stereocenters. The predicted molar refractivity (Wildman–Crippen MR) is 87.2 cm³/mol. The normalized spacial score (nSPS) is 11.4. The fraction of sp³-hybridized carbons (Fsp3) is 0.118. The van der Waals surface area contributed by atoms with E-state index in [1.165, 1.54) is 29.1 Å². The molecule has 3 rings (SSSR count). The number of alkyl halides is 3. The number of carbonyl (C=O) groups excluding carboxylic acids is 1. The van der Waals surface area contributed by atoms with Crippen molar-refractivity contribution in [3.8, 4) is 11.6 Å². The number of hydrogen-bond acceptors (Lipinski definition) is 4. The van der Waals surface area contributed by atoms with Gasteiger partial charge in [-0.1, -0.05) is 12.1 Å². The Kier molecular flexibility index (Phi) is 4.37. The van der Waals surface area contributed by atoms with Crippen molar-refractivity contribution in [3.63, 3.8) is 0 Å². The summed E-state index contributed by atoms with van der Waals surface area (Å²) < 4.78 is 39.1. The van der Waals surface area contributed by atoms with Gasteiger partial charge in [-0.25, -0.2) is 9.67 Å². The van der Waals surface area contributed by atoms with Crippen LogP contribution in [0.1, 0.15) is 21.6 Å². The van der Waals surface area contributed by atoms with E-state index in [2.05, 4.69) is 15.4 Å². The van der Waals surface area contributed by atoms with Crippen LogP contribution in [0.3, 0.4) is 0 Å². The van der Waals surface area contributed by atoms with E-state index in [0.717, 1.165) is 6.07 Å². The summed E-state index contributed by atoms with van der Waals surface area (Å²) in [6.45, 7) is 1.59. The smallest absolute Gasteiger partial charge is 0.417 e. The highest BCUT2D eigenvalue weighted by Gasteiger charge is 2.30. The molecular formula is C17H13F3N4O2. The van der Waals surface area contributed by atoms with E-state index in [1.807, 2.05) is 0 Å². The zero-order valence-corrected chi connectivity index (χ0v) is 13.4. The highest BCUT2D eigenvalue weighted by atomic mass is 19.4. The fourth-order valence-corrected chi connectivity index (χ4v) is 2.31. The number of pyridine rings is 1. The summed E-state index contributed by atoms with van der Waals surface area (Å²) in [6.07, 6.45) is -2.49. The van der Waals surface area contributed by atoms with Crippen LogP contribution in [0.4, 0.5) is 18.9 Å². The maximum absolute atomic E-state index is 12.6. The second kappa shape index (κ2) is 6.51. The SMILES string of the molecule is Cc1c(C(=O)Nc2ccccc2O)cnn1-c1ccc(C(F)(F)F)cn1. The van der Waals surface area contributed by atoms with Crippen molar-refractivity contribution in [3.05, 3.63) is 65.6 Å². The Morgan fingerprint density at radius 1 is 1.15 bits per heavy atom. The molecule has 3 aromatic rings. The molecule has 26 heavy (non-hydrogen) atoms. The minimum Gasteiger partial charge on any atom is -0.506 e. The highest BCUT2D eigenvalue weighted by Crippen LogP contribution is 2.29. The quantitative estimate of drug-likeness (QED) is 0.699. The average Bonchev–Trinajstić information content (AvgIpc) is 2.98. The first-order chi connectivity index (χ1) is 12.3. The predicted octanol–water partition coefficient (Wildman–Crippen LogP) is 3.55. The van der Waals surface area contributed by atoms with E-state index in [1.54, 1.807) is 19.1 Å². The van der Waals surface area contributed by atoms with Gasteiger partial charge in [0.25, 0.3) is 5.91 Å². The van der Waals surface area contributed by atoms with E-state index >= 15 is 0 Å². The number of phenols is 1. The summed E-state index contributed by atoms with van der Waals surface area (Å²) in [4.78, 5) is 16.1. The minimum atomic E-state index is -4.48. The van der Waals surface area contributed by atoms with Crippen molar-refractivity contribution < 1.29 is 23.1 Å². The lowest BCUT2D eigenvalue weighted by Crippen LogP contribution is -2.13. The fourth-order valence-electron chi connectivity index (χ4n) is 2.31. The van der Waals surface area contributed by atoms with Gasteiger partial charge < -0.3 is 10.4 Å². The molecular weight excluding hydrogens is 349 g/mol. The monoisotopic (exact) mass is 362 g/mol. The first-order valence-corrected chi connectivity index (χ1v) is 7.45. The third kappa shape index (κ3) is 3.37. The third-order valence-corrected chi connectivity index (χ3v) is 3.70. The zero-order valence-electron chi connectivity index (χ0n) is 13.4. The van der Waals surface area contributed by atoms with E-state index in [-0.39, 0.29) is 22.8 Å². The van der Waals surface area contributed by atoms with Gasteiger partial charge in [-0.3, -0.25) is 4.79 Å². The van der Waals surface area contributed by atoms with Gasteiger partial charge in [0, 0.05) is 6.20 Å². The van der Waals surface area contributed by atoms with Crippen LogP contribution in [0.2, 0.25) is 0 Å². The van der Waals surface area contributed by atoms with Gasteiger partial charge in [-0.2, -0.15) is 18.3 Å². The van der Waals surface area contributed by atoms with E-state index in [9.17, 15) is 23.1 Å². The van der Waals surface area contributed by atoms with Crippen LogP contribution >= 0.6 is 0 Å². The third-order valence-electron chi connectivity index (χ3n) is 3.70. The number of aromatic hydroxyl groups is 1. The average molecular weight is 362 g/mol. The number of nitrogens with one attached hydrogen (secondary N) is 1. The van der Waals surface area contributed by atoms with Gasteiger partial charge in [-0.05, 0) is 31.2 Å². The van der Waals surface area contributed by atoms with Crippen molar-refractivity contribution in [1.82, 2.24) is 14.8 Å². The number of carbonyl (C=O) groups is 1. The van der Waals surface area contributed by atoms with Gasteiger partial charge >= 0.3 is 6.18 Å². The number of hydrogen-bond donors (Lipinski definition) is 2. The second-order valence-corrected chi connectivity index (χ2v) is 5.43. The van der Waals surface area contributed by atoms with Crippen LogP contribution in [0, 0.1) is 6.92 Å². The lowest BCUT2D eigenvalue weighted by Gasteiger charge is -2.09. The molecule has 0 bridgehead atoms. The van der Waals surface area contributed by atoms with Crippen LogP contribution in [-0.4, -0.2) is 25.8 Å². The topological polar surface area (TPSA) is 80.0 Å². The van der Waals surface area contributed by atoms with E-state index in [4.69, 9.17) is 0 Å². The molecule has 6 nitrogen and oxygen atoms in total.